The third kappa shape index (κ3) is 6.98. The lowest BCUT2D eigenvalue weighted by Gasteiger charge is -1.93. The van der Waals surface area contributed by atoms with Gasteiger partial charge in [-0.3, -0.25) is 4.79 Å². The highest BCUT2D eigenvalue weighted by Gasteiger charge is 1.97. The maximum absolute atomic E-state index is 10.4. The molecule has 11 heavy (non-hydrogen) atoms. The first-order valence-corrected chi connectivity index (χ1v) is 4.03. The van der Waals surface area contributed by atoms with Gasteiger partial charge < -0.3 is 4.74 Å². The Morgan fingerprint density at radius 1 is 1.55 bits per heavy atom. The van der Waals surface area contributed by atoms with Crippen LogP contribution in [-0.2, 0) is 20.0 Å². The van der Waals surface area contributed by atoms with Crippen LogP contribution in [0.5, 0.6) is 0 Å². The lowest BCUT2D eigenvalue weighted by Crippen LogP contribution is -2.00. The van der Waals surface area contributed by atoms with Crippen LogP contribution in [0.4, 0.5) is 0 Å². The zero-order chi connectivity index (χ0) is 8.69. The monoisotopic (exact) mass is 179 g/mol. The molecule has 0 aliphatic heterocycles. The number of nitrogens with zero attached hydrogens (tertiary/aromatic N) is 1. The quantitative estimate of drug-likeness (QED) is 0.450. The van der Waals surface area contributed by atoms with E-state index in [-0.39, 0.29) is 18.9 Å². The molecule has 0 bridgehead atoms. The number of methoxy groups -OCH3 is 1. The second-order valence-electron chi connectivity index (χ2n) is 1.75. The molecule has 0 rings (SSSR count). The Labute approximate surface area is 66.1 Å². The van der Waals surface area contributed by atoms with Crippen molar-refractivity contribution in [2.75, 3.05) is 13.7 Å². The normalized spacial score (nSPS) is 8.82. The van der Waals surface area contributed by atoms with Gasteiger partial charge in [0.25, 0.3) is 0 Å². The zero-order valence-corrected chi connectivity index (χ0v) is 6.93. The molecule has 0 aliphatic rings. The van der Waals surface area contributed by atoms with Gasteiger partial charge in [0.15, 0.2) is 0 Å². The summed E-state index contributed by atoms with van der Waals surface area (Å²) in [7, 11) is -1.08. The van der Waals surface area contributed by atoms with E-state index in [1.165, 1.54) is 7.11 Å². The van der Waals surface area contributed by atoms with Gasteiger partial charge in [0.2, 0.25) is 0 Å². The van der Waals surface area contributed by atoms with Crippen LogP contribution < -0.4 is 0 Å². The average molecular weight is 179 g/mol. The molecule has 0 atom stereocenters. The average Bonchev–Trinajstić information content (AvgIpc) is 1.97. The maximum Gasteiger partial charge on any atom is 0.311 e. The molecule has 6 heteroatoms. The Bertz CT molecular complexity index is 235. The van der Waals surface area contributed by atoms with Gasteiger partial charge in [-0.15, -0.1) is 0 Å². The fraction of sp³-hybridized carbons (Fsp3) is 0.800. The number of carbonyl (C=O) groups excluding carboxylic acids is 1. The maximum atomic E-state index is 10.4. The molecule has 0 spiro atoms. The summed E-state index contributed by atoms with van der Waals surface area (Å²) in [6, 6.07) is 0. The molecule has 0 aromatic rings. The van der Waals surface area contributed by atoms with Gasteiger partial charge in [-0.2, -0.15) is 12.8 Å². The lowest BCUT2D eigenvalue weighted by atomic mass is 10.3. The fourth-order valence-electron chi connectivity index (χ4n) is 0.465. The van der Waals surface area contributed by atoms with E-state index in [1.807, 2.05) is 0 Å². The van der Waals surface area contributed by atoms with Crippen LogP contribution in [0.2, 0.25) is 0 Å². The van der Waals surface area contributed by atoms with Crippen LogP contribution in [0, 0.1) is 0 Å². The van der Waals surface area contributed by atoms with Gasteiger partial charge >= 0.3 is 16.5 Å². The van der Waals surface area contributed by atoms with Crippen molar-refractivity contribution in [2.24, 2.45) is 4.36 Å². The first kappa shape index (κ1) is 10.1. The number of hydrogen-bond donors (Lipinski definition) is 0. The minimum Gasteiger partial charge on any atom is -0.469 e. The molecular formula is C5H9NO4S. The van der Waals surface area contributed by atoms with E-state index in [0.29, 0.717) is 6.42 Å². The highest BCUT2D eigenvalue weighted by Crippen LogP contribution is 1.91. The predicted molar refractivity (Wildman–Crippen MR) is 37.5 cm³/mol. The van der Waals surface area contributed by atoms with E-state index >= 15 is 0 Å². The SMILES string of the molecule is COC(=O)CCCN=S(=O)=O. The highest BCUT2D eigenvalue weighted by atomic mass is 32.2. The summed E-state index contributed by atoms with van der Waals surface area (Å²) in [6.45, 7) is 0.144. The third-order valence-electron chi connectivity index (χ3n) is 0.963. The van der Waals surface area contributed by atoms with Crippen molar-refractivity contribution in [3.05, 3.63) is 0 Å². The second kappa shape index (κ2) is 5.84. The van der Waals surface area contributed by atoms with E-state index in [0.717, 1.165) is 0 Å². The van der Waals surface area contributed by atoms with E-state index in [9.17, 15) is 13.2 Å². The Morgan fingerprint density at radius 2 is 2.18 bits per heavy atom. The molecule has 0 aliphatic carbocycles. The van der Waals surface area contributed by atoms with Crippen LogP contribution in [0.3, 0.4) is 0 Å². The summed E-state index contributed by atoms with van der Waals surface area (Å²) in [5.74, 6) is -0.350. The van der Waals surface area contributed by atoms with Crippen LogP contribution in [0.15, 0.2) is 4.36 Å². The largest absolute Gasteiger partial charge is 0.469 e. The molecule has 0 amide bonds. The fourth-order valence-corrected chi connectivity index (χ4v) is 0.743. The van der Waals surface area contributed by atoms with Gasteiger partial charge in [-0.1, -0.05) is 0 Å². The number of ether oxygens (including phenoxy) is 1. The van der Waals surface area contributed by atoms with Crippen molar-refractivity contribution in [2.45, 2.75) is 12.8 Å². The summed E-state index contributed by atoms with van der Waals surface area (Å²) in [5, 5.41) is 0. The molecule has 0 N–H and O–H groups in total. The van der Waals surface area contributed by atoms with Crippen molar-refractivity contribution < 1.29 is 17.9 Å². The predicted octanol–water partition coefficient (Wildman–Crippen LogP) is 0.00230. The standard InChI is InChI=1S/C5H9NO4S/c1-10-5(7)3-2-4-6-11(8)9/h2-4H2,1H3. The molecule has 5 nitrogen and oxygen atoms in total. The molecule has 0 saturated heterocycles. The van der Waals surface area contributed by atoms with E-state index in [4.69, 9.17) is 0 Å². The zero-order valence-electron chi connectivity index (χ0n) is 6.11. The van der Waals surface area contributed by atoms with Crippen molar-refractivity contribution in [1.29, 1.82) is 0 Å². The molecule has 0 fully saturated rings. The first-order chi connectivity index (χ1) is 5.16. The molecule has 0 radical (unpaired) electrons. The van der Waals surface area contributed by atoms with Crippen LogP contribution >= 0.6 is 0 Å². The topological polar surface area (TPSA) is 72.8 Å². The lowest BCUT2D eigenvalue weighted by molar-refractivity contribution is -0.140. The molecule has 0 saturated carbocycles. The highest BCUT2D eigenvalue weighted by molar-refractivity contribution is 7.61. The third-order valence-corrected chi connectivity index (χ3v) is 1.36. The Balaban J connectivity index is 3.43. The summed E-state index contributed by atoms with van der Waals surface area (Å²) in [6.07, 6.45) is 0.609. The van der Waals surface area contributed by atoms with E-state index in [2.05, 4.69) is 9.10 Å². The van der Waals surface area contributed by atoms with Crippen molar-refractivity contribution in [3.63, 3.8) is 0 Å². The molecular weight excluding hydrogens is 170 g/mol. The Hall–Kier alpha value is -0.910. The van der Waals surface area contributed by atoms with E-state index < -0.39 is 10.5 Å². The number of rotatable bonds is 4. The molecule has 64 valence electrons. The number of esters is 1. The van der Waals surface area contributed by atoms with Crippen LogP contribution in [-0.4, -0.2) is 28.0 Å². The van der Waals surface area contributed by atoms with Gasteiger partial charge in [0, 0.05) is 6.42 Å². The second-order valence-corrected chi connectivity index (χ2v) is 2.44. The smallest absolute Gasteiger partial charge is 0.311 e. The molecule has 0 heterocycles. The molecule has 0 unspecified atom stereocenters. The number of carbonyl (C=O) groups is 1. The summed E-state index contributed by atoms with van der Waals surface area (Å²) in [5.41, 5.74) is 0. The molecule has 0 aromatic heterocycles. The minimum absolute atomic E-state index is 0.144. The van der Waals surface area contributed by atoms with Crippen molar-refractivity contribution in [1.82, 2.24) is 0 Å². The Morgan fingerprint density at radius 3 is 2.64 bits per heavy atom. The van der Waals surface area contributed by atoms with Crippen molar-refractivity contribution in [3.8, 4) is 0 Å². The van der Waals surface area contributed by atoms with Crippen LogP contribution in [0.1, 0.15) is 12.8 Å². The van der Waals surface area contributed by atoms with Gasteiger partial charge in [0.1, 0.15) is 0 Å². The van der Waals surface area contributed by atoms with Crippen LogP contribution in [0.25, 0.3) is 0 Å². The minimum atomic E-state index is -2.36. The summed E-state index contributed by atoms with van der Waals surface area (Å²) in [4.78, 5) is 10.4. The Kier molecular flexibility index (Phi) is 5.36. The number of hydrogen-bond acceptors (Lipinski definition) is 5. The van der Waals surface area contributed by atoms with Crippen molar-refractivity contribution >= 4 is 16.5 Å². The van der Waals surface area contributed by atoms with E-state index in [1.54, 1.807) is 0 Å². The van der Waals surface area contributed by atoms with Gasteiger partial charge in [0.05, 0.1) is 13.7 Å². The summed E-state index contributed by atoms with van der Waals surface area (Å²) >= 11 is 0. The molecule has 0 aromatic carbocycles. The summed E-state index contributed by atoms with van der Waals surface area (Å²) < 4.78 is 27.1. The first-order valence-electron chi connectivity index (χ1n) is 3.00. The van der Waals surface area contributed by atoms with Gasteiger partial charge in [-0.25, -0.2) is 0 Å². The van der Waals surface area contributed by atoms with Gasteiger partial charge in [-0.05, 0) is 6.42 Å².